The highest BCUT2D eigenvalue weighted by Gasteiger charge is 2.16. The number of hydrogen-bond acceptors (Lipinski definition) is 5. The van der Waals surface area contributed by atoms with Gasteiger partial charge in [0.2, 0.25) is 0 Å². The summed E-state index contributed by atoms with van der Waals surface area (Å²) in [5, 5.41) is 2.82. The molecule has 2 amide bonds. The molecule has 2 heterocycles. The van der Waals surface area contributed by atoms with Gasteiger partial charge in [0.25, 0.3) is 11.8 Å². The van der Waals surface area contributed by atoms with Crippen LogP contribution in [0.3, 0.4) is 0 Å². The highest BCUT2D eigenvalue weighted by Crippen LogP contribution is 2.21. The zero-order chi connectivity index (χ0) is 22.5. The second-order valence-electron chi connectivity index (χ2n) is 7.89. The summed E-state index contributed by atoms with van der Waals surface area (Å²) in [6.45, 7) is 5.66. The van der Waals surface area contributed by atoms with Gasteiger partial charge in [-0.05, 0) is 54.4 Å². The van der Waals surface area contributed by atoms with Gasteiger partial charge in [-0.15, -0.1) is 0 Å². The van der Waals surface area contributed by atoms with E-state index in [2.05, 4.69) is 34.5 Å². The average Bonchev–Trinajstić information content (AvgIpc) is 3.36. The van der Waals surface area contributed by atoms with Crippen LogP contribution in [0.25, 0.3) is 0 Å². The van der Waals surface area contributed by atoms with Crippen molar-refractivity contribution in [3.05, 3.63) is 83.3 Å². The predicted molar refractivity (Wildman–Crippen MR) is 123 cm³/mol. The molecule has 3 aromatic rings. The van der Waals surface area contributed by atoms with Crippen molar-refractivity contribution < 1.29 is 18.7 Å². The topological polar surface area (TPSA) is 75.0 Å². The fourth-order valence-corrected chi connectivity index (χ4v) is 3.68. The van der Waals surface area contributed by atoms with Gasteiger partial charge in [-0.2, -0.15) is 0 Å². The molecule has 7 nitrogen and oxygen atoms in total. The lowest BCUT2D eigenvalue weighted by atomic mass is 10.1. The van der Waals surface area contributed by atoms with Crippen molar-refractivity contribution >= 4 is 23.2 Å². The first-order valence-electron chi connectivity index (χ1n) is 10.6. The van der Waals surface area contributed by atoms with E-state index >= 15 is 0 Å². The van der Waals surface area contributed by atoms with Gasteiger partial charge in [0.05, 0.1) is 19.5 Å². The Kier molecular flexibility index (Phi) is 6.56. The maximum absolute atomic E-state index is 13.0. The van der Waals surface area contributed by atoms with Crippen LogP contribution in [-0.2, 0) is 11.3 Å². The van der Waals surface area contributed by atoms with E-state index in [4.69, 9.17) is 9.15 Å². The van der Waals surface area contributed by atoms with E-state index in [-0.39, 0.29) is 17.6 Å². The molecule has 1 N–H and O–H groups in total. The molecule has 1 aliphatic heterocycles. The number of anilines is 2. The fourth-order valence-electron chi connectivity index (χ4n) is 3.68. The molecule has 0 radical (unpaired) electrons. The summed E-state index contributed by atoms with van der Waals surface area (Å²) in [6, 6.07) is 16.9. The Morgan fingerprint density at radius 1 is 1.06 bits per heavy atom. The lowest BCUT2D eigenvalue weighted by Crippen LogP contribution is -2.36. The van der Waals surface area contributed by atoms with Crippen molar-refractivity contribution in [1.82, 2.24) is 4.90 Å². The molecule has 0 aliphatic carbocycles. The van der Waals surface area contributed by atoms with Crippen LogP contribution in [0.2, 0.25) is 0 Å². The molecule has 1 fully saturated rings. The number of nitrogens with zero attached hydrogens (tertiary/aromatic N) is 2. The van der Waals surface area contributed by atoms with E-state index in [1.165, 1.54) is 12.0 Å². The van der Waals surface area contributed by atoms with Crippen LogP contribution in [0.15, 0.2) is 65.3 Å². The molecule has 166 valence electrons. The lowest BCUT2D eigenvalue weighted by Gasteiger charge is -2.29. The monoisotopic (exact) mass is 433 g/mol. The van der Waals surface area contributed by atoms with Gasteiger partial charge in [0.15, 0.2) is 5.76 Å². The fraction of sp³-hybridized carbons (Fsp3) is 0.280. The van der Waals surface area contributed by atoms with Crippen LogP contribution < -0.4 is 10.2 Å². The molecule has 2 aromatic carbocycles. The summed E-state index contributed by atoms with van der Waals surface area (Å²) in [4.78, 5) is 29.3. The Labute approximate surface area is 187 Å². The molecule has 0 saturated carbocycles. The molecule has 32 heavy (non-hydrogen) atoms. The Balaban J connectivity index is 1.41. The molecular formula is C25H27N3O4. The summed E-state index contributed by atoms with van der Waals surface area (Å²) in [5.41, 5.74) is 4.18. The van der Waals surface area contributed by atoms with E-state index in [0.29, 0.717) is 17.8 Å². The van der Waals surface area contributed by atoms with E-state index < -0.39 is 0 Å². The molecule has 4 rings (SSSR count). The number of amides is 2. The predicted octanol–water partition coefficient (Wildman–Crippen LogP) is 3.95. The largest absolute Gasteiger partial charge is 0.459 e. The van der Waals surface area contributed by atoms with Gasteiger partial charge in [0, 0.05) is 43.6 Å². The number of carbonyl (C=O) groups excluding carboxylic acids is 2. The maximum Gasteiger partial charge on any atom is 0.291 e. The summed E-state index contributed by atoms with van der Waals surface area (Å²) >= 11 is 0. The first kappa shape index (κ1) is 21.6. The minimum absolute atomic E-state index is 0.115. The van der Waals surface area contributed by atoms with Crippen LogP contribution in [0.4, 0.5) is 11.4 Å². The third-order valence-corrected chi connectivity index (χ3v) is 5.56. The zero-order valence-electron chi connectivity index (χ0n) is 18.3. The first-order valence-corrected chi connectivity index (χ1v) is 10.6. The minimum atomic E-state index is -0.351. The molecule has 0 atom stereocenters. The number of benzene rings is 2. The number of rotatable bonds is 6. The molecule has 1 saturated heterocycles. The van der Waals surface area contributed by atoms with Gasteiger partial charge >= 0.3 is 0 Å². The summed E-state index contributed by atoms with van der Waals surface area (Å²) in [6.07, 6.45) is 1.45. The third-order valence-electron chi connectivity index (χ3n) is 5.56. The van der Waals surface area contributed by atoms with Crippen LogP contribution in [0, 0.1) is 6.92 Å². The highest BCUT2D eigenvalue weighted by atomic mass is 16.5. The van der Waals surface area contributed by atoms with E-state index in [1.54, 1.807) is 36.2 Å². The molecule has 0 spiro atoms. The van der Waals surface area contributed by atoms with Gasteiger partial charge in [-0.3, -0.25) is 9.59 Å². The molecular weight excluding hydrogens is 406 g/mol. The van der Waals surface area contributed by atoms with E-state index in [9.17, 15) is 9.59 Å². The number of carbonyl (C=O) groups is 2. The Bertz CT molecular complexity index is 1070. The van der Waals surface area contributed by atoms with Crippen LogP contribution >= 0.6 is 0 Å². The van der Waals surface area contributed by atoms with Crippen LogP contribution in [0.5, 0.6) is 0 Å². The van der Waals surface area contributed by atoms with Crippen molar-refractivity contribution in [1.29, 1.82) is 0 Å². The Morgan fingerprint density at radius 3 is 2.50 bits per heavy atom. The first-order chi connectivity index (χ1) is 15.5. The van der Waals surface area contributed by atoms with Crippen LogP contribution in [-0.4, -0.2) is 50.1 Å². The molecule has 1 aromatic heterocycles. The Morgan fingerprint density at radius 2 is 1.81 bits per heavy atom. The maximum atomic E-state index is 13.0. The number of hydrogen-bond donors (Lipinski definition) is 1. The summed E-state index contributed by atoms with van der Waals surface area (Å²) < 4.78 is 10.5. The highest BCUT2D eigenvalue weighted by molar-refractivity contribution is 6.03. The quantitative estimate of drug-likeness (QED) is 0.637. The normalized spacial score (nSPS) is 13.6. The number of nitrogens with one attached hydrogen (secondary N) is 1. The van der Waals surface area contributed by atoms with Gasteiger partial charge in [-0.25, -0.2) is 0 Å². The average molecular weight is 434 g/mol. The molecule has 1 aliphatic rings. The second-order valence-corrected chi connectivity index (χ2v) is 7.89. The van der Waals surface area contributed by atoms with Crippen molar-refractivity contribution in [2.45, 2.75) is 13.5 Å². The number of morpholine rings is 1. The zero-order valence-corrected chi connectivity index (χ0v) is 18.3. The lowest BCUT2D eigenvalue weighted by molar-refractivity contribution is 0.0784. The summed E-state index contributed by atoms with van der Waals surface area (Å²) in [5.74, 6) is -0.245. The number of aryl methyl sites for hydroxylation is 1. The minimum Gasteiger partial charge on any atom is -0.459 e. The molecule has 0 bridgehead atoms. The van der Waals surface area contributed by atoms with E-state index in [1.807, 2.05) is 13.0 Å². The molecule has 0 unspecified atom stereocenters. The van der Waals surface area contributed by atoms with Crippen molar-refractivity contribution in [3.8, 4) is 0 Å². The third kappa shape index (κ3) is 5.00. The summed E-state index contributed by atoms with van der Waals surface area (Å²) in [7, 11) is 1.78. The smallest absolute Gasteiger partial charge is 0.291 e. The van der Waals surface area contributed by atoms with Crippen LogP contribution in [0.1, 0.15) is 32.0 Å². The number of ether oxygens (including phenoxy) is 1. The van der Waals surface area contributed by atoms with Crippen molar-refractivity contribution in [2.75, 3.05) is 43.6 Å². The standard InChI is InChI=1S/C25H27N3O4/c1-18-5-8-20(16-22(18)26-24(29)23-4-3-13-32-23)25(30)27(2)17-19-6-9-21(10-7-19)28-11-14-31-15-12-28/h3-10,13,16H,11-12,14-15,17H2,1-2H3,(H,26,29). The SMILES string of the molecule is Cc1ccc(C(=O)N(C)Cc2ccc(N3CCOCC3)cc2)cc1NC(=O)c1ccco1. The van der Waals surface area contributed by atoms with Gasteiger partial charge in [0.1, 0.15) is 0 Å². The van der Waals surface area contributed by atoms with Gasteiger partial charge < -0.3 is 24.3 Å². The van der Waals surface area contributed by atoms with Crippen molar-refractivity contribution in [3.63, 3.8) is 0 Å². The van der Waals surface area contributed by atoms with Gasteiger partial charge in [-0.1, -0.05) is 18.2 Å². The molecule has 7 heteroatoms. The number of furan rings is 1. The van der Waals surface area contributed by atoms with E-state index in [0.717, 1.165) is 37.4 Å². The van der Waals surface area contributed by atoms with Crippen molar-refractivity contribution in [2.24, 2.45) is 0 Å². The Hall–Kier alpha value is -3.58. The second kappa shape index (κ2) is 9.70.